The molecule has 0 radical (unpaired) electrons. The summed E-state index contributed by atoms with van der Waals surface area (Å²) >= 11 is 0. The van der Waals surface area contributed by atoms with Crippen molar-refractivity contribution in [1.29, 1.82) is 0 Å². The Kier molecular flexibility index (Phi) is 11.4. The first-order chi connectivity index (χ1) is 29.9. The van der Waals surface area contributed by atoms with Crippen LogP contribution < -0.4 is 10.6 Å². The third-order valence-electron chi connectivity index (χ3n) is 14.2. The molecular formula is C50H66N8O3Si. The van der Waals surface area contributed by atoms with Gasteiger partial charge in [-0.15, -0.1) is 0 Å². The molecule has 0 atom stereocenters. The molecular weight excluding hydrogens is 789 g/mol. The van der Waals surface area contributed by atoms with E-state index >= 15 is 0 Å². The topological polar surface area (TPSA) is 146 Å². The van der Waals surface area contributed by atoms with Gasteiger partial charge in [-0.25, -0.2) is 4.68 Å². The van der Waals surface area contributed by atoms with Crippen molar-refractivity contribution < 1.29 is 14.3 Å². The summed E-state index contributed by atoms with van der Waals surface area (Å²) in [6, 6.07) is 10.1. The van der Waals surface area contributed by atoms with E-state index in [2.05, 4.69) is 109 Å². The number of fused-ring (bicyclic) bond motifs is 12. The predicted octanol–water partition coefficient (Wildman–Crippen LogP) is 11.5. The second-order valence-corrected chi connectivity index (χ2v) is 25.4. The fourth-order valence-corrected chi connectivity index (χ4v) is 12.1. The van der Waals surface area contributed by atoms with Gasteiger partial charge in [0.1, 0.15) is 12.4 Å². The number of benzene rings is 2. The van der Waals surface area contributed by atoms with Crippen LogP contribution in [0.15, 0.2) is 36.7 Å². The second kappa shape index (κ2) is 16.6. The zero-order valence-electron chi connectivity index (χ0n) is 38.1. The highest BCUT2D eigenvalue weighted by Gasteiger charge is 2.47. The van der Waals surface area contributed by atoms with Gasteiger partial charge in [0.15, 0.2) is 0 Å². The van der Waals surface area contributed by atoms with Crippen LogP contribution in [0, 0.1) is 0 Å². The number of carbonyl (C=O) groups excluding carboxylic acids is 2. The van der Waals surface area contributed by atoms with Crippen molar-refractivity contribution in [2.24, 2.45) is 0 Å². The number of nitrogens with zero attached hydrogens (tertiary/aromatic N) is 3. The van der Waals surface area contributed by atoms with E-state index in [1.165, 1.54) is 50.3 Å². The van der Waals surface area contributed by atoms with Gasteiger partial charge >= 0.3 is 0 Å². The molecule has 0 fully saturated rings. The fourth-order valence-electron chi connectivity index (χ4n) is 11.3. The number of rotatable bonds is 13. The number of amides is 2. The van der Waals surface area contributed by atoms with Crippen molar-refractivity contribution in [2.45, 2.75) is 161 Å². The smallest absolute Gasteiger partial charge is 0.235 e. The average molecular weight is 855 g/mol. The number of aromatic nitrogens is 6. The zero-order valence-corrected chi connectivity index (χ0v) is 39.1. The summed E-state index contributed by atoms with van der Waals surface area (Å²) in [7, 11) is -1.10. The van der Waals surface area contributed by atoms with E-state index in [0.29, 0.717) is 6.73 Å². The van der Waals surface area contributed by atoms with Crippen LogP contribution in [0.3, 0.4) is 0 Å². The molecule has 11 nitrogen and oxygen atoms in total. The van der Waals surface area contributed by atoms with Gasteiger partial charge in [-0.2, -0.15) is 10.2 Å². The largest absolute Gasteiger partial charge is 0.360 e. The number of H-pyrrole nitrogens is 3. The van der Waals surface area contributed by atoms with Crippen molar-refractivity contribution in [3.8, 4) is 22.8 Å². The average Bonchev–Trinajstić information content (AvgIpc) is 4.06. The number of aryl methyl sites for hydroxylation is 4. The van der Waals surface area contributed by atoms with Gasteiger partial charge in [0.2, 0.25) is 11.8 Å². The number of carbonyl (C=O) groups is 2. The summed E-state index contributed by atoms with van der Waals surface area (Å²) in [5.74, 6) is 0.348. The van der Waals surface area contributed by atoms with Crippen molar-refractivity contribution in [3.63, 3.8) is 0 Å². The molecule has 0 unspecified atom stereocenters. The summed E-state index contributed by atoms with van der Waals surface area (Å²) in [5.41, 5.74) is 15.5. The van der Waals surface area contributed by atoms with Crippen molar-refractivity contribution in [2.75, 3.05) is 17.2 Å². The number of hydrogen-bond acceptors (Lipinski definition) is 5. The highest BCUT2D eigenvalue weighted by atomic mass is 28.3. The zero-order chi connectivity index (χ0) is 43.4. The van der Waals surface area contributed by atoms with E-state index in [1.54, 1.807) is 0 Å². The lowest BCUT2D eigenvalue weighted by Crippen LogP contribution is -2.34. The molecule has 2 aliphatic heterocycles. The van der Waals surface area contributed by atoms with E-state index < -0.39 is 13.5 Å². The van der Waals surface area contributed by atoms with Crippen molar-refractivity contribution >= 4 is 53.1 Å². The molecule has 0 spiro atoms. The van der Waals surface area contributed by atoms with E-state index in [4.69, 9.17) is 9.84 Å². The molecule has 0 bridgehead atoms. The van der Waals surface area contributed by atoms with Crippen LogP contribution in [0.4, 0.5) is 11.4 Å². The maximum absolute atomic E-state index is 13.2. The first-order valence-corrected chi connectivity index (χ1v) is 27.3. The fraction of sp³-hybridized carbons (Fsp3) is 0.520. The Morgan fingerprint density at radius 2 is 1.23 bits per heavy atom. The van der Waals surface area contributed by atoms with Crippen LogP contribution in [-0.4, -0.2) is 56.4 Å². The molecule has 0 saturated carbocycles. The van der Waals surface area contributed by atoms with E-state index in [0.717, 1.165) is 142 Å². The van der Waals surface area contributed by atoms with Gasteiger partial charge in [-0.05, 0) is 128 Å². The SMILES string of the molecule is CCCC1(CCC)C(=O)Nc2cc3c4c([nH]c3cc21)-c1[nH]ncc1CCC4.CCCC1(CCC)C(=O)Nc2cc3c4c([nH]c3cc21)-c1nn(COCC[Si](C)(C)C)cc1CCC4. The molecule has 0 saturated heterocycles. The third-order valence-corrected chi connectivity index (χ3v) is 15.9. The summed E-state index contributed by atoms with van der Waals surface area (Å²) < 4.78 is 7.93. The minimum Gasteiger partial charge on any atom is -0.360 e. The Bertz CT molecular complexity index is 2640. The number of nitrogens with one attached hydrogen (secondary N) is 5. The Labute approximate surface area is 367 Å². The number of anilines is 2. The minimum absolute atomic E-state index is 0.171. The molecule has 328 valence electrons. The maximum atomic E-state index is 13.2. The van der Waals surface area contributed by atoms with Crippen LogP contribution in [0.2, 0.25) is 25.7 Å². The molecule has 6 aromatic rings. The quantitative estimate of drug-likeness (QED) is 0.0580. The summed E-state index contributed by atoms with van der Waals surface area (Å²) in [4.78, 5) is 33.5. The van der Waals surface area contributed by atoms with Crippen LogP contribution >= 0.6 is 0 Å². The van der Waals surface area contributed by atoms with Crippen LogP contribution in [0.5, 0.6) is 0 Å². The first kappa shape index (κ1) is 42.4. The third kappa shape index (κ3) is 7.24. The first-order valence-electron chi connectivity index (χ1n) is 23.6. The lowest BCUT2D eigenvalue weighted by atomic mass is 9.74. The molecule has 2 aliphatic carbocycles. The van der Waals surface area contributed by atoms with Gasteiger partial charge in [0, 0.05) is 54.1 Å². The molecule has 4 aromatic heterocycles. The molecule has 10 rings (SSSR count). The van der Waals surface area contributed by atoms with Crippen LogP contribution in [0.25, 0.3) is 44.6 Å². The van der Waals surface area contributed by atoms with Gasteiger partial charge in [0.05, 0.1) is 34.1 Å². The number of hydrogen-bond donors (Lipinski definition) is 5. The highest BCUT2D eigenvalue weighted by molar-refractivity contribution is 6.76. The van der Waals surface area contributed by atoms with Gasteiger partial charge < -0.3 is 25.3 Å². The van der Waals surface area contributed by atoms with E-state index in [1.807, 2.05) is 10.9 Å². The molecule has 62 heavy (non-hydrogen) atoms. The molecule has 12 heteroatoms. The molecule has 6 heterocycles. The van der Waals surface area contributed by atoms with Crippen molar-refractivity contribution in [3.05, 3.63) is 70.0 Å². The van der Waals surface area contributed by atoms with Crippen LogP contribution in [0.1, 0.15) is 125 Å². The van der Waals surface area contributed by atoms with Crippen molar-refractivity contribution in [1.82, 2.24) is 29.9 Å². The maximum Gasteiger partial charge on any atom is 0.235 e. The monoisotopic (exact) mass is 855 g/mol. The summed E-state index contributed by atoms with van der Waals surface area (Å²) in [6.07, 6.45) is 18.0. The Balaban J connectivity index is 0.000000163. The minimum atomic E-state index is -1.10. The Morgan fingerprint density at radius 3 is 1.77 bits per heavy atom. The van der Waals surface area contributed by atoms with Gasteiger partial charge in [-0.3, -0.25) is 14.7 Å². The lowest BCUT2D eigenvalue weighted by Gasteiger charge is -2.26. The highest BCUT2D eigenvalue weighted by Crippen LogP contribution is 2.49. The molecule has 4 aliphatic rings. The summed E-state index contributed by atoms with van der Waals surface area (Å²) in [6.45, 7) is 17.1. The lowest BCUT2D eigenvalue weighted by molar-refractivity contribution is -0.122. The van der Waals surface area contributed by atoms with E-state index in [9.17, 15) is 9.59 Å². The van der Waals surface area contributed by atoms with Gasteiger partial charge in [-0.1, -0.05) is 73.0 Å². The standard InChI is InChI=1S/C28H40N4O2Si.C22H26N4O/c1-6-11-28(12-7-2)22-16-23-21(15-24(22)30-27(28)33)20-10-8-9-19-17-32(31-25(19)26(20)29-23)18-34-13-14-35(3,4)5;1-3-8-22(9-4-2)16-11-17-15(10-18(16)25-21(22)27)14-7-5-6-13-12-23-26-19(13)20(14)24-17/h15-17,29H,6-14,18H2,1-5H3,(H,30,33);10-12,24H,3-9H2,1-2H3,(H,23,26)(H,25,27). The predicted molar refractivity (Wildman–Crippen MR) is 254 cm³/mol. The molecule has 2 amide bonds. The number of aromatic amines is 3. The Morgan fingerprint density at radius 1 is 0.694 bits per heavy atom. The molecule has 5 N–H and O–H groups in total. The summed E-state index contributed by atoms with van der Waals surface area (Å²) in [5, 5.41) is 21.3. The van der Waals surface area contributed by atoms with E-state index in [-0.39, 0.29) is 17.2 Å². The normalized spacial score (nSPS) is 17.0. The molecule has 2 aromatic carbocycles. The Hall–Kier alpha value is -4.94. The second-order valence-electron chi connectivity index (χ2n) is 19.8. The van der Waals surface area contributed by atoms with Gasteiger partial charge in [0.25, 0.3) is 0 Å². The number of ether oxygens (including phenoxy) is 1. The van der Waals surface area contributed by atoms with Crippen LogP contribution in [-0.2, 0) is 57.6 Å².